The lowest BCUT2D eigenvalue weighted by Gasteiger charge is -2.40. The molecule has 0 aromatic carbocycles. The standard InChI is InChI=1S/C13H24N4/c1-12(13-3-2-5-15-11-13)17-9-7-16(6-4-14)8-10-17/h2,5,11-13H,3-4,6-10,14H2,1H3. The van der Waals surface area contributed by atoms with Gasteiger partial charge in [-0.05, 0) is 13.3 Å². The van der Waals surface area contributed by atoms with Gasteiger partial charge in [0.05, 0.1) is 0 Å². The number of hydrogen-bond donors (Lipinski definition) is 1. The van der Waals surface area contributed by atoms with Crippen LogP contribution >= 0.6 is 0 Å². The van der Waals surface area contributed by atoms with Crippen molar-refractivity contribution in [3.05, 3.63) is 12.3 Å². The number of aliphatic imine (C=N–C) groups is 1. The molecule has 4 nitrogen and oxygen atoms in total. The van der Waals surface area contributed by atoms with E-state index >= 15 is 0 Å². The number of nitrogens with zero attached hydrogens (tertiary/aromatic N) is 3. The van der Waals surface area contributed by atoms with Crippen LogP contribution in [0.2, 0.25) is 0 Å². The van der Waals surface area contributed by atoms with E-state index in [1.54, 1.807) is 0 Å². The predicted octanol–water partition coefficient (Wildman–Crippen LogP) is 0.556. The average molecular weight is 236 g/mol. The summed E-state index contributed by atoms with van der Waals surface area (Å²) in [5.41, 5.74) is 5.59. The molecule has 0 saturated carbocycles. The van der Waals surface area contributed by atoms with Crippen molar-refractivity contribution in [1.82, 2.24) is 9.80 Å². The third kappa shape index (κ3) is 3.37. The molecule has 2 rings (SSSR count). The lowest BCUT2D eigenvalue weighted by atomic mass is 9.95. The Bertz CT molecular complexity index is 279. The van der Waals surface area contributed by atoms with Crippen molar-refractivity contribution < 1.29 is 0 Å². The fraction of sp³-hybridized carbons (Fsp3) is 0.769. The highest BCUT2D eigenvalue weighted by atomic mass is 15.3. The van der Waals surface area contributed by atoms with Crippen molar-refractivity contribution in [3.8, 4) is 0 Å². The first-order valence-corrected chi connectivity index (χ1v) is 6.66. The third-order valence-corrected chi connectivity index (χ3v) is 3.93. The van der Waals surface area contributed by atoms with E-state index in [1.807, 2.05) is 6.20 Å². The fourth-order valence-corrected chi connectivity index (χ4v) is 2.67. The second-order valence-corrected chi connectivity index (χ2v) is 4.99. The van der Waals surface area contributed by atoms with Crippen LogP contribution in [0.1, 0.15) is 13.3 Å². The molecule has 1 saturated heterocycles. The van der Waals surface area contributed by atoms with Gasteiger partial charge in [0.25, 0.3) is 0 Å². The Hall–Kier alpha value is -0.710. The van der Waals surface area contributed by atoms with Crippen LogP contribution < -0.4 is 5.73 Å². The second-order valence-electron chi connectivity index (χ2n) is 4.99. The van der Waals surface area contributed by atoms with Crippen LogP contribution in [0.25, 0.3) is 0 Å². The molecule has 0 amide bonds. The van der Waals surface area contributed by atoms with Gasteiger partial charge >= 0.3 is 0 Å². The van der Waals surface area contributed by atoms with Crippen molar-refractivity contribution in [1.29, 1.82) is 0 Å². The maximum Gasteiger partial charge on any atom is 0.0224 e. The Morgan fingerprint density at radius 1 is 1.35 bits per heavy atom. The molecule has 17 heavy (non-hydrogen) atoms. The van der Waals surface area contributed by atoms with Gasteiger partial charge in [-0.2, -0.15) is 0 Å². The summed E-state index contributed by atoms with van der Waals surface area (Å²) >= 11 is 0. The zero-order valence-corrected chi connectivity index (χ0v) is 10.8. The normalized spacial score (nSPS) is 28.5. The molecule has 96 valence electrons. The highest BCUT2D eigenvalue weighted by Gasteiger charge is 2.25. The minimum absolute atomic E-state index is 0.584. The quantitative estimate of drug-likeness (QED) is 0.775. The zero-order chi connectivity index (χ0) is 12.1. The van der Waals surface area contributed by atoms with Gasteiger partial charge in [-0.25, -0.2) is 0 Å². The maximum absolute atomic E-state index is 5.59. The van der Waals surface area contributed by atoms with Gasteiger partial charge in [-0.1, -0.05) is 6.08 Å². The number of rotatable bonds is 4. The van der Waals surface area contributed by atoms with E-state index in [0.29, 0.717) is 12.0 Å². The first kappa shape index (κ1) is 12.7. The van der Waals surface area contributed by atoms with Crippen LogP contribution in [0.5, 0.6) is 0 Å². The Morgan fingerprint density at radius 2 is 2.12 bits per heavy atom. The van der Waals surface area contributed by atoms with E-state index in [-0.39, 0.29) is 0 Å². The van der Waals surface area contributed by atoms with Gasteiger partial charge < -0.3 is 5.73 Å². The maximum atomic E-state index is 5.59. The Labute approximate surface area is 104 Å². The average Bonchev–Trinajstić information content (AvgIpc) is 2.40. The van der Waals surface area contributed by atoms with Crippen LogP contribution in [0.4, 0.5) is 0 Å². The van der Waals surface area contributed by atoms with Crippen LogP contribution in [-0.2, 0) is 0 Å². The van der Waals surface area contributed by atoms with Gasteiger partial charge in [-0.15, -0.1) is 0 Å². The first-order valence-electron chi connectivity index (χ1n) is 6.66. The summed E-state index contributed by atoms with van der Waals surface area (Å²) in [7, 11) is 0. The van der Waals surface area contributed by atoms with Crippen LogP contribution in [0, 0.1) is 5.92 Å². The van der Waals surface area contributed by atoms with Crippen molar-refractivity contribution in [2.75, 3.05) is 39.3 Å². The third-order valence-electron chi connectivity index (χ3n) is 3.93. The Morgan fingerprint density at radius 3 is 2.71 bits per heavy atom. The molecular weight excluding hydrogens is 212 g/mol. The predicted molar refractivity (Wildman–Crippen MR) is 72.3 cm³/mol. The summed E-state index contributed by atoms with van der Waals surface area (Å²) in [5.74, 6) is 0.584. The highest BCUT2D eigenvalue weighted by molar-refractivity contribution is 5.64. The van der Waals surface area contributed by atoms with Gasteiger partial charge in [0.1, 0.15) is 0 Å². The largest absolute Gasteiger partial charge is 0.329 e. The molecule has 2 aliphatic heterocycles. The first-order chi connectivity index (χ1) is 8.31. The number of hydrogen-bond acceptors (Lipinski definition) is 4. The van der Waals surface area contributed by atoms with E-state index in [9.17, 15) is 0 Å². The highest BCUT2D eigenvalue weighted by Crippen LogP contribution is 2.18. The number of nitrogens with two attached hydrogens (primary N) is 1. The lowest BCUT2D eigenvalue weighted by molar-refractivity contribution is 0.0918. The molecule has 2 aliphatic rings. The van der Waals surface area contributed by atoms with E-state index in [1.165, 1.54) is 0 Å². The van der Waals surface area contributed by atoms with Gasteiger partial charge in [0.15, 0.2) is 0 Å². The summed E-state index contributed by atoms with van der Waals surface area (Å²) in [4.78, 5) is 9.30. The van der Waals surface area contributed by atoms with Crippen molar-refractivity contribution in [3.63, 3.8) is 0 Å². The zero-order valence-electron chi connectivity index (χ0n) is 10.8. The topological polar surface area (TPSA) is 44.9 Å². The molecule has 2 N–H and O–H groups in total. The SMILES string of the molecule is CC(C1C=NC=CC1)N1CCN(CCN)CC1. The summed E-state index contributed by atoms with van der Waals surface area (Å²) in [6.45, 7) is 8.77. The van der Waals surface area contributed by atoms with Crippen LogP contribution in [-0.4, -0.2) is 61.3 Å². The van der Waals surface area contributed by atoms with E-state index in [0.717, 1.165) is 45.7 Å². The molecule has 0 aliphatic carbocycles. The molecule has 4 heteroatoms. The minimum atomic E-state index is 0.584. The molecule has 0 aromatic heterocycles. The molecule has 0 bridgehead atoms. The van der Waals surface area contributed by atoms with E-state index in [4.69, 9.17) is 5.73 Å². The smallest absolute Gasteiger partial charge is 0.0224 e. The Kier molecular flexibility index (Phi) is 4.71. The van der Waals surface area contributed by atoms with Gasteiger partial charge in [0.2, 0.25) is 0 Å². The summed E-state index contributed by atoms with van der Waals surface area (Å²) in [6.07, 6.45) is 7.32. The molecule has 2 heterocycles. The summed E-state index contributed by atoms with van der Waals surface area (Å²) in [6, 6.07) is 0.601. The molecule has 0 spiro atoms. The van der Waals surface area contributed by atoms with E-state index < -0.39 is 0 Å². The molecule has 2 atom stereocenters. The summed E-state index contributed by atoms with van der Waals surface area (Å²) in [5, 5.41) is 0. The fourth-order valence-electron chi connectivity index (χ4n) is 2.67. The van der Waals surface area contributed by atoms with Crippen LogP contribution in [0.3, 0.4) is 0 Å². The lowest BCUT2D eigenvalue weighted by Crippen LogP contribution is -2.52. The van der Waals surface area contributed by atoms with E-state index in [2.05, 4.69) is 34.0 Å². The minimum Gasteiger partial charge on any atom is -0.329 e. The second kappa shape index (κ2) is 6.28. The molecule has 2 unspecified atom stereocenters. The van der Waals surface area contributed by atoms with Crippen molar-refractivity contribution >= 4 is 6.21 Å². The monoisotopic (exact) mass is 236 g/mol. The van der Waals surface area contributed by atoms with Crippen molar-refractivity contribution in [2.24, 2.45) is 16.6 Å². The molecule has 0 aromatic rings. The van der Waals surface area contributed by atoms with Gasteiger partial charge in [-0.3, -0.25) is 14.8 Å². The number of allylic oxidation sites excluding steroid dienone is 1. The molecular formula is C13H24N4. The molecule has 1 fully saturated rings. The van der Waals surface area contributed by atoms with Crippen LogP contribution in [0.15, 0.2) is 17.3 Å². The van der Waals surface area contributed by atoms with Gasteiger partial charge in [0, 0.05) is 63.6 Å². The van der Waals surface area contributed by atoms with Crippen molar-refractivity contribution in [2.45, 2.75) is 19.4 Å². The molecule has 0 radical (unpaired) electrons. The number of piperazine rings is 1. The summed E-state index contributed by atoms with van der Waals surface area (Å²) < 4.78 is 0. The Balaban J connectivity index is 1.79.